The molecule has 0 atom stereocenters. The van der Waals surface area contributed by atoms with Crippen molar-refractivity contribution in [1.29, 1.82) is 0 Å². The Morgan fingerprint density at radius 2 is 1.65 bits per heavy atom. The van der Waals surface area contributed by atoms with E-state index < -0.39 is 0 Å². The van der Waals surface area contributed by atoms with Gasteiger partial charge in [0.05, 0.1) is 6.61 Å². The Bertz CT molecular complexity index is 1160. The second kappa shape index (κ2) is 9.64. The summed E-state index contributed by atoms with van der Waals surface area (Å²) in [5, 5.41) is 7.35. The average molecular weight is 450 g/mol. The van der Waals surface area contributed by atoms with Gasteiger partial charge in [-0.1, -0.05) is 29.8 Å². The lowest BCUT2D eigenvalue weighted by Crippen LogP contribution is -2.19. The summed E-state index contributed by atoms with van der Waals surface area (Å²) in [6, 6.07) is 24.7. The first-order chi connectivity index (χ1) is 15.1. The molecule has 0 aliphatic heterocycles. The zero-order valence-electron chi connectivity index (χ0n) is 16.8. The SMILES string of the molecule is CCOc1ccc(NC(=S)Nc2nc(-c3ccccc3)oc2-c2ccc(Cl)cc2)cc1. The Balaban J connectivity index is 1.59. The highest BCUT2D eigenvalue weighted by Crippen LogP contribution is 2.33. The first-order valence-corrected chi connectivity index (χ1v) is 10.5. The van der Waals surface area contributed by atoms with Crippen molar-refractivity contribution < 1.29 is 9.15 Å². The zero-order chi connectivity index (χ0) is 21.6. The van der Waals surface area contributed by atoms with E-state index in [1.165, 1.54) is 0 Å². The molecular formula is C24H20ClN3O2S. The monoisotopic (exact) mass is 449 g/mol. The zero-order valence-corrected chi connectivity index (χ0v) is 18.3. The van der Waals surface area contributed by atoms with Gasteiger partial charge in [0.1, 0.15) is 5.75 Å². The highest BCUT2D eigenvalue weighted by molar-refractivity contribution is 7.80. The smallest absolute Gasteiger partial charge is 0.228 e. The number of benzene rings is 3. The number of aromatic nitrogens is 1. The van der Waals surface area contributed by atoms with Gasteiger partial charge in [0.2, 0.25) is 5.89 Å². The second-order valence-electron chi connectivity index (χ2n) is 6.61. The van der Waals surface area contributed by atoms with Crippen LogP contribution in [0.15, 0.2) is 83.3 Å². The van der Waals surface area contributed by atoms with Gasteiger partial charge in [-0.2, -0.15) is 4.98 Å². The van der Waals surface area contributed by atoms with Gasteiger partial charge in [-0.3, -0.25) is 0 Å². The van der Waals surface area contributed by atoms with E-state index in [1.54, 1.807) is 0 Å². The molecule has 1 heterocycles. The van der Waals surface area contributed by atoms with Crippen LogP contribution in [0.3, 0.4) is 0 Å². The third-order valence-corrected chi connectivity index (χ3v) is 4.87. The van der Waals surface area contributed by atoms with Crippen molar-refractivity contribution >= 4 is 40.4 Å². The summed E-state index contributed by atoms with van der Waals surface area (Å²) in [6.07, 6.45) is 0. The van der Waals surface area contributed by atoms with Gasteiger partial charge in [0.15, 0.2) is 16.7 Å². The van der Waals surface area contributed by atoms with Crippen LogP contribution in [0.5, 0.6) is 5.75 Å². The highest BCUT2D eigenvalue weighted by atomic mass is 35.5. The number of oxazole rings is 1. The number of hydrogen-bond donors (Lipinski definition) is 2. The molecule has 0 spiro atoms. The first kappa shape index (κ1) is 20.9. The predicted molar refractivity (Wildman–Crippen MR) is 130 cm³/mol. The maximum Gasteiger partial charge on any atom is 0.228 e. The molecule has 0 bridgehead atoms. The summed E-state index contributed by atoms with van der Waals surface area (Å²) in [5.41, 5.74) is 2.54. The summed E-state index contributed by atoms with van der Waals surface area (Å²) in [5.74, 6) is 2.40. The molecule has 4 rings (SSSR count). The maximum absolute atomic E-state index is 6.10. The Kier molecular flexibility index (Phi) is 6.50. The highest BCUT2D eigenvalue weighted by Gasteiger charge is 2.17. The third-order valence-electron chi connectivity index (χ3n) is 4.41. The van der Waals surface area contributed by atoms with Crippen molar-refractivity contribution in [3.8, 4) is 28.5 Å². The number of halogens is 1. The molecule has 0 aliphatic carbocycles. The fourth-order valence-electron chi connectivity index (χ4n) is 2.98. The number of thiocarbonyl (C=S) groups is 1. The average Bonchev–Trinajstić information content (AvgIpc) is 3.20. The second-order valence-corrected chi connectivity index (χ2v) is 7.45. The lowest BCUT2D eigenvalue weighted by atomic mass is 10.2. The van der Waals surface area contributed by atoms with Crippen molar-refractivity contribution in [3.05, 3.63) is 83.9 Å². The van der Waals surface area contributed by atoms with Gasteiger partial charge in [0.25, 0.3) is 0 Å². The van der Waals surface area contributed by atoms with E-state index in [-0.39, 0.29) is 0 Å². The van der Waals surface area contributed by atoms with Gasteiger partial charge >= 0.3 is 0 Å². The fraction of sp³-hybridized carbons (Fsp3) is 0.0833. The van der Waals surface area contributed by atoms with E-state index in [0.29, 0.717) is 34.2 Å². The number of rotatable bonds is 6. The van der Waals surface area contributed by atoms with Crippen LogP contribution in [0.4, 0.5) is 11.5 Å². The molecule has 0 fully saturated rings. The topological polar surface area (TPSA) is 59.3 Å². The molecule has 0 saturated carbocycles. The van der Waals surface area contributed by atoms with Crippen LogP contribution in [-0.2, 0) is 0 Å². The lowest BCUT2D eigenvalue weighted by molar-refractivity contribution is 0.340. The minimum atomic E-state index is 0.396. The Morgan fingerprint density at radius 1 is 0.935 bits per heavy atom. The fourth-order valence-corrected chi connectivity index (χ4v) is 3.32. The number of ether oxygens (including phenoxy) is 1. The van der Waals surface area contributed by atoms with E-state index in [9.17, 15) is 0 Å². The molecule has 0 radical (unpaired) electrons. The molecule has 2 N–H and O–H groups in total. The standard InChI is InChI=1S/C24H20ClN3O2S/c1-2-29-20-14-12-19(13-15-20)26-24(31)28-22-21(16-8-10-18(25)11-9-16)30-23(27-22)17-6-4-3-5-7-17/h3-15H,2H2,1H3,(H2,26,28,31). The quantitative estimate of drug-likeness (QED) is 0.313. The van der Waals surface area contributed by atoms with E-state index in [0.717, 1.165) is 22.6 Å². The van der Waals surface area contributed by atoms with Crippen molar-refractivity contribution in [1.82, 2.24) is 4.98 Å². The summed E-state index contributed by atoms with van der Waals surface area (Å²) < 4.78 is 11.6. The van der Waals surface area contributed by atoms with Gasteiger partial charge in [-0.15, -0.1) is 0 Å². The van der Waals surface area contributed by atoms with Crippen LogP contribution in [0.25, 0.3) is 22.8 Å². The van der Waals surface area contributed by atoms with Crippen molar-refractivity contribution in [2.24, 2.45) is 0 Å². The van der Waals surface area contributed by atoms with Gasteiger partial charge in [-0.25, -0.2) is 0 Å². The molecule has 5 nitrogen and oxygen atoms in total. The molecule has 0 unspecified atom stereocenters. The Labute approximate surface area is 191 Å². The molecule has 0 saturated heterocycles. The molecule has 1 aromatic heterocycles. The van der Waals surface area contributed by atoms with Gasteiger partial charge in [-0.05, 0) is 79.8 Å². The number of anilines is 2. The van der Waals surface area contributed by atoms with Crippen LogP contribution in [-0.4, -0.2) is 16.7 Å². The normalized spacial score (nSPS) is 10.5. The maximum atomic E-state index is 6.10. The van der Waals surface area contributed by atoms with Crippen LogP contribution in [0.1, 0.15) is 6.92 Å². The summed E-state index contributed by atoms with van der Waals surface area (Å²) >= 11 is 11.5. The molecular weight excluding hydrogens is 430 g/mol. The number of nitrogens with one attached hydrogen (secondary N) is 2. The largest absolute Gasteiger partial charge is 0.494 e. The van der Waals surface area contributed by atoms with Gasteiger partial charge in [0, 0.05) is 21.8 Å². The minimum Gasteiger partial charge on any atom is -0.494 e. The van der Waals surface area contributed by atoms with Crippen LogP contribution < -0.4 is 15.4 Å². The van der Waals surface area contributed by atoms with E-state index in [1.807, 2.05) is 85.8 Å². The van der Waals surface area contributed by atoms with E-state index in [2.05, 4.69) is 15.6 Å². The first-order valence-electron chi connectivity index (χ1n) is 9.75. The minimum absolute atomic E-state index is 0.396. The number of hydrogen-bond acceptors (Lipinski definition) is 4. The predicted octanol–water partition coefficient (Wildman–Crippen LogP) is 6.87. The van der Waals surface area contributed by atoms with Crippen molar-refractivity contribution in [3.63, 3.8) is 0 Å². The van der Waals surface area contributed by atoms with Crippen LogP contribution in [0, 0.1) is 0 Å². The van der Waals surface area contributed by atoms with Crippen LogP contribution >= 0.6 is 23.8 Å². The molecule has 0 aliphatic rings. The molecule has 4 aromatic rings. The molecule has 156 valence electrons. The van der Waals surface area contributed by atoms with Crippen LogP contribution in [0.2, 0.25) is 5.02 Å². The van der Waals surface area contributed by atoms with Crippen molar-refractivity contribution in [2.45, 2.75) is 6.92 Å². The summed E-state index contributed by atoms with van der Waals surface area (Å²) in [4.78, 5) is 4.64. The molecule has 0 amide bonds. The number of nitrogens with zero attached hydrogens (tertiary/aromatic N) is 1. The Hall–Kier alpha value is -3.35. The molecule has 7 heteroatoms. The molecule has 31 heavy (non-hydrogen) atoms. The Morgan fingerprint density at radius 3 is 2.32 bits per heavy atom. The summed E-state index contributed by atoms with van der Waals surface area (Å²) in [7, 11) is 0. The summed E-state index contributed by atoms with van der Waals surface area (Å²) in [6.45, 7) is 2.57. The molecule has 3 aromatic carbocycles. The lowest BCUT2D eigenvalue weighted by Gasteiger charge is -2.10. The van der Waals surface area contributed by atoms with E-state index >= 15 is 0 Å². The van der Waals surface area contributed by atoms with Gasteiger partial charge < -0.3 is 19.8 Å². The van der Waals surface area contributed by atoms with Crippen molar-refractivity contribution in [2.75, 3.05) is 17.2 Å². The van der Waals surface area contributed by atoms with E-state index in [4.69, 9.17) is 33.0 Å². The third kappa shape index (κ3) is 5.23.